The van der Waals surface area contributed by atoms with Crippen LogP contribution in [0, 0.1) is 5.92 Å². The molecule has 0 spiro atoms. The van der Waals surface area contributed by atoms with Crippen molar-refractivity contribution in [3.05, 3.63) is 54.4 Å². The van der Waals surface area contributed by atoms with Crippen molar-refractivity contribution in [2.45, 2.75) is 30.5 Å². The molecule has 5 heteroatoms. The number of hydrogen-bond acceptors (Lipinski definition) is 4. The SMILES string of the molecule is COc1ccc(SC(C(=O)NCc2cccnc2)C(C)C)cc1. The van der Waals surface area contributed by atoms with Crippen LogP contribution in [-0.2, 0) is 11.3 Å². The zero-order valence-corrected chi connectivity index (χ0v) is 14.5. The van der Waals surface area contributed by atoms with Gasteiger partial charge in [-0.15, -0.1) is 11.8 Å². The average molecular weight is 330 g/mol. The van der Waals surface area contributed by atoms with E-state index in [-0.39, 0.29) is 17.1 Å². The van der Waals surface area contributed by atoms with Crippen LogP contribution in [0.25, 0.3) is 0 Å². The number of benzene rings is 1. The highest BCUT2D eigenvalue weighted by Crippen LogP contribution is 2.29. The Morgan fingerprint density at radius 3 is 2.57 bits per heavy atom. The maximum absolute atomic E-state index is 12.5. The van der Waals surface area contributed by atoms with E-state index in [1.165, 1.54) is 0 Å². The maximum Gasteiger partial charge on any atom is 0.234 e. The fraction of sp³-hybridized carbons (Fsp3) is 0.333. The highest BCUT2D eigenvalue weighted by molar-refractivity contribution is 8.00. The minimum atomic E-state index is -0.139. The Bertz CT molecular complexity index is 615. The number of rotatable bonds is 7. The minimum Gasteiger partial charge on any atom is -0.497 e. The van der Waals surface area contributed by atoms with Crippen LogP contribution in [0.15, 0.2) is 53.7 Å². The molecule has 2 rings (SSSR count). The topological polar surface area (TPSA) is 51.2 Å². The van der Waals surface area contributed by atoms with Crippen molar-refractivity contribution >= 4 is 17.7 Å². The van der Waals surface area contributed by atoms with Crippen LogP contribution in [0.3, 0.4) is 0 Å². The van der Waals surface area contributed by atoms with E-state index in [0.717, 1.165) is 16.2 Å². The summed E-state index contributed by atoms with van der Waals surface area (Å²) in [6.07, 6.45) is 3.49. The van der Waals surface area contributed by atoms with Crippen molar-refractivity contribution in [2.24, 2.45) is 5.92 Å². The standard InChI is InChI=1S/C18H22N2O2S/c1-13(2)17(23-16-8-6-15(22-3)7-9-16)18(21)20-12-14-5-4-10-19-11-14/h4-11,13,17H,12H2,1-3H3,(H,20,21). The number of carbonyl (C=O) groups excluding carboxylic acids is 1. The summed E-state index contributed by atoms with van der Waals surface area (Å²) in [5.41, 5.74) is 0.998. The molecule has 0 bridgehead atoms. The Labute approximate surface area is 141 Å². The first-order chi connectivity index (χ1) is 11.1. The van der Waals surface area contributed by atoms with Gasteiger partial charge in [0.25, 0.3) is 0 Å². The quantitative estimate of drug-likeness (QED) is 0.789. The first kappa shape index (κ1) is 17.3. The lowest BCUT2D eigenvalue weighted by molar-refractivity contribution is -0.121. The first-order valence-electron chi connectivity index (χ1n) is 7.57. The molecule has 1 aromatic heterocycles. The molecule has 1 unspecified atom stereocenters. The summed E-state index contributed by atoms with van der Waals surface area (Å²) < 4.78 is 5.16. The molecule has 1 heterocycles. The molecule has 2 aromatic rings. The minimum absolute atomic E-state index is 0.0460. The molecule has 122 valence electrons. The van der Waals surface area contributed by atoms with Gasteiger partial charge in [-0.3, -0.25) is 9.78 Å². The zero-order chi connectivity index (χ0) is 16.7. The van der Waals surface area contributed by atoms with Crippen molar-refractivity contribution < 1.29 is 9.53 Å². The van der Waals surface area contributed by atoms with Gasteiger partial charge in [0.15, 0.2) is 0 Å². The second-order valence-electron chi connectivity index (χ2n) is 5.54. The molecule has 0 radical (unpaired) electrons. The number of ether oxygens (including phenoxy) is 1. The number of thioether (sulfide) groups is 1. The van der Waals surface area contributed by atoms with Crippen LogP contribution in [0.1, 0.15) is 19.4 Å². The van der Waals surface area contributed by atoms with Gasteiger partial charge in [0.1, 0.15) is 5.75 Å². The largest absolute Gasteiger partial charge is 0.497 e. The third kappa shape index (κ3) is 5.28. The second kappa shape index (κ2) is 8.58. The van der Waals surface area contributed by atoms with E-state index in [1.807, 2.05) is 36.4 Å². The summed E-state index contributed by atoms with van der Waals surface area (Å²) in [6, 6.07) is 11.6. The van der Waals surface area contributed by atoms with Crippen LogP contribution in [-0.4, -0.2) is 23.3 Å². The van der Waals surface area contributed by atoms with Gasteiger partial charge in [-0.05, 0) is 41.8 Å². The number of pyridine rings is 1. The van der Waals surface area contributed by atoms with Gasteiger partial charge in [0.2, 0.25) is 5.91 Å². The number of nitrogens with zero attached hydrogens (tertiary/aromatic N) is 1. The molecule has 1 aromatic carbocycles. The van der Waals surface area contributed by atoms with E-state index < -0.39 is 0 Å². The first-order valence-corrected chi connectivity index (χ1v) is 8.45. The maximum atomic E-state index is 12.5. The van der Waals surface area contributed by atoms with Gasteiger partial charge in [0.05, 0.1) is 12.4 Å². The molecule has 0 aliphatic heterocycles. The van der Waals surface area contributed by atoms with Crippen molar-refractivity contribution in [3.8, 4) is 5.75 Å². The van der Waals surface area contributed by atoms with Crippen molar-refractivity contribution in [3.63, 3.8) is 0 Å². The average Bonchev–Trinajstić information content (AvgIpc) is 2.58. The highest BCUT2D eigenvalue weighted by Gasteiger charge is 2.23. The fourth-order valence-electron chi connectivity index (χ4n) is 2.09. The molecular weight excluding hydrogens is 308 g/mol. The molecule has 0 saturated carbocycles. The number of methoxy groups -OCH3 is 1. The summed E-state index contributed by atoms with van der Waals surface area (Å²) in [5, 5.41) is 2.86. The number of amides is 1. The Morgan fingerprint density at radius 1 is 1.26 bits per heavy atom. The highest BCUT2D eigenvalue weighted by atomic mass is 32.2. The molecule has 0 aliphatic rings. The van der Waals surface area contributed by atoms with E-state index in [1.54, 1.807) is 31.3 Å². The molecule has 0 aliphatic carbocycles. The van der Waals surface area contributed by atoms with Gasteiger partial charge < -0.3 is 10.1 Å². The Balaban J connectivity index is 1.97. The van der Waals surface area contributed by atoms with E-state index in [2.05, 4.69) is 24.1 Å². The van der Waals surface area contributed by atoms with Gasteiger partial charge in [-0.1, -0.05) is 19.9 Å². The normalized spacial score (nSPS) is 12.0. The fourth-order valence-corrected chi connectivity index (χ4v) is 3.13. The van der Waals surface area contributed by atoms with Crippen LogP contribution in [0.5, 0.6) is 5.75 Å². The number of carbonyl (C=O) groups is 1. The van der Waals surface area contributed by atoms with Crippen LogP contribution < -0.4 is 10.1 Å². The Kier molecular flexibility index (Phi) is 6.47. The van der Waals surface area contributed by atoms with Gasteiger partial charge >= 0.3 is 0 Å². The molecule has 1 N–H and O–H groups in total. The monoisotopic (exact) mass is 330 g/mol. The Morgan fingerprint density at radius 2 is 2.00 bits per heavy atom. The molecule has 23 heavy (non-hydrogen) atoms. The van der Waals surface area contributed by atoms with Crippen molar-refractivity contribution in [2.75, 3.05) is 7.11 Å². The molecule has 0 saturated heterocycles. The molecule has 1 atom stereocenters. The third-order valence-electron chi connectivity index (χ3n) is 3.38. The number of nitrogens with one attached hydrogen (secondary N) is 1. The third-order valence-corrected chi connectivity index (χ3v) is 4.93. The van der Waals surface area contributed by atoms with Gasteiger partial charge in [-0.25, -0.2) is 0 Å². The summed E-state index contributed by atoms with van der Waals surface area (Å²) in [6.45, 7) is 4.62. The van der Waals surface area contributed by atoms with E-state index >= 15 is 0 Å². The van der Waals surface area contributed by atoms with E-state index in [4.69, 9.17) is 4.74 Å². The summed E-state index contributed by atoms with van der Waals surface area (Å²) in [7, 11) is 1.64. The van der Waals surface area contributed by atoms with Crippen molar-refractivity contribution in [1.29, 1.82) is 0 Å². The van der Waals surface area contributed by atoms with Crippen LogP contribution in [0.2, 0.25) is 0 Å². The zero-order valence-electron chi connectivity index (χ0n) is 13.7. The van der Waals surface area contributed by atoms with Gasteiger partial charge in [-0.2, -0.15) is 0 Å². The molecule has 1 amide bonds. The molecule has 0 fully saturated rings. The lowest BCUT2D eigenvalue weighted by atomic mass is 10.1. The van der Waals surface area contributed by atoms with Gasteiger partial charge in [0, 0.05) is 23.8 Å². The summed E-state index contributed by atoms with van der Waals surface area (Å²) in [4.78, 5) is 17.6. The summed E-state index contributed by atoms with van der Waals surface area (Å²) in [5.74, 6) is 1.09. The van der Waals surface area contributed by atoms with E-state index in [0.29, 0.717) is 6.54 Å². The molecular formula is C18H22N2O2S. The lowest BCUT2D eigenvalue weighted by Gasteiger charge is -2.20. The lowest BCUT2D eigenvalue weighted by Crippen LogP contribution is -2.35. The van der Waals surface area contributed by atoms with Crippen LogP contribution in [0.4, 0.5) is 0 Å². The molecule has 4 nitrogen and oxygen atoms in total. The predicted octanol–water partition coefficient (Wildman–Crippen LogP) is 3.52. The van der Waals surface area contributed by atoms with Crippen molar-refractivity contribution in [1.82, 2.24) is 10.3 Å². The van der Waals surface area contributed by atoms with E-state index in [9.17, 15) is 4.79 Å². The number of hydrogen-bond donors (Lipinski definition) is 1. The van der Waals surface area contributed by atoms with Crippen LogP contribution >= 0.6 is 11.8 Å². The smallest absolute Gasteiger partial charge is 0.234 e. The predicted molar refractivity (Wildman–Crippen MR) is 93.6 cm³/mol. The number of aromatic nitrogens is 1. The summed E-state index contributed by atoms with van der Waals surface area (Å²) >= 11 is 1.58. The second-order valence-corrected chi connectivity index (χ2v) is 6.75. The Hall–Kier alpha value is -2.01.